The minimum absolute atomic E-state index is 0.120. The molecule has 4 nitrogen and oxygen atoms in total. The van der Waals surface area contributed by atoms with Crippen LogP contribution in [0.3, 0.4) is 0 Å². The Labute approximate surface area is 129 Å². The van der Waals surface area contributed by atoms with E-state index in [1.54, 1.807) is 17.8 Å². The van der Waals surface area contributed by atoms with Gasteiger partial charge in [0.1, 0.15) is 5.69 Å². The van der Waals surface area contributed by atoms with Crippen molar-refractivity contribution in [3.8, 4) is 0 Å². The molecule has 0 bridgehead atoms. The van der Waals surface area contributed by atoms with Gasteiger partial charge in [0.2, 0.25) is 0 Å². The maximum absolute atomic E-state index is 12.2. The quantitative estimate of drug-likeness (QED) is 0.861. The lowest BCUT2D eigenvalue weighted by Gasteiger charge is -2.11. The lowest BCUT2D eigenvalue weighted by atomic mass is 10.1. The van der Waals surface area contributed by atoms with Gasteiger partial charge in [-0.05, 0) is 24.8 Å². The fourth-order valence-corrected chi connectivity index (χ4v) is 2.45. The van der Waals surface area contributed by atoms with Crippen molar-refractivity contribution >= 4 is 34.3 Å². The molecule has 2 N–H and O–H groups in total. The van der Waals surface area contributed by atoms with E-state index >= 15 is 0 Å². The van der Waals surface area contributed by atoms with Crippen LogP contribution in [0.5, 0.6) is 0 Å². The molecule has 21 heavy (non-hydrogen) atoms. The van der Waals surface area contributed by atoms with Crippen molar-refractivity contribution in [2.45, 2.75) is 18.6 Å². The van der Waals surface area contributed by atoms with E-state index in [1.807, 2.05) is 31.3 Å². The maximum atomic E-state index is 12.2. The molecule has 5 heteroatoms. The second-order valence-electron chi connectivity index (χ2n) is 4.91. The molecule has 1 aromatic carbocycles. The van der Waals surface area contributed by atoms with Gasteiger partial charge in [-0.1, -0.05) is 25.1 Å². The number of amides is 1. The van der Waals surface area contributed by atoms with Crippen LogP contribution >= 0.6 is 11.8 Å². The van der Waals surface area contributed by atoms with Crippen LogP contribution in [-0.2, 0) is 0 Å². The Balaban J connectivity index is 2.16. The molecule has 0 radical (unpaired) electrons. The van der Waals surface area contributed by atoms with E-state index in [2.05, 4.69) is 28.8 Å². The van der Waals surface area contributed by atoms with Gasteiger partial charge >= 0.3 is 0 Å². The van der Waals surface area contributed by atoms with E-state index in [0.29, 0.717) is 17.5 Å². The van der Waals surface area contributed by atoms with Crippen LogP contribution in [0.4, 0.5) is 5.69 Å². The summed E-state index contributed by atoms with van der Waals surface area (Å²) in [5.41, 5.74) is 2.20. The summed E-state index contributed by atoms with van der Waals surface area (Å²) in [6.45, 7) is 2.83. The molecule has 1 unspecified atom stereocenters. The van der Waals surface area contributed by atoms with Crippen molar-refractivity contribution < 1.29 is 4.79 Å². The average Bonchev–Trinajstić information content (AvgIpc) is 2.53. The van der Waals surface area contributed by atoms with E-state index in [0.717, 1.165) is 23.0 Å². The number of para-hydroxylation sites is 1. The number of nitrogens with one attached hydrogen (secondary N) is 2. The maximum Gasteiger partial charge on any atom is 0.269 e. The van der Waals surface area contributed by atoms with E-state index in [-0.39, 0.29) is 5.91 Å². The highest BCUT2D eigenvalue weighted by atomic mass is 32.2. The van der Waals surface area contributed by atoms with Crippen LogP contribution in [0.15, 0.2) is 30.3 Å². The lowest BCUT2D eigenvalue weighted by molar-refractivity contribution is 0.0949. The molecular weight excluding hydrogens is 282 g/mol. The molecule has 0 saturated heterocycles. The van der Waals surface area contributed by atoms with Gasteiger partial charge in [-0.15, -0.1) is 0 Å². The van der Waals surface area contributed by atoms with Crippen molar-refractivity contribution in [1.82, 2.24) is 10.3 Å². The molecular formula is C16H21N3OS. The molecule has 1 atom stereocenters. The number of thioether (sulfide) groups is 1. The molecule has 0 aliphatic rings. The summed E-state index contributed by atoms with van der Waals surface area (Å²) in [7, 11) is 1.85. The Hall–Kier alpha value is -1.75. The van der Waals surface area contributed by atoms with Crippen LogP contribution in [0.1, 0.15) is 23.8 Å². The Kier molecular flexibility index (Phi) is 5.44. The number of rotatable bonds is 6. The van der Waals surface area contributed by atoms with Crippen LogP contribution in [0, 0.1) is 0 Å². The van der Waals surface area contributed by atoms with Gasteiger partial charge < -0.3 is 10.6 Å². The van der Waals surface area contributed by atoms with Crippen molar-refractivity contribution in [2.75, 3.05) is 25.2 Å². The molecule has 0 fully saturated rings. The molecule has 1 heterocycles. The minimum Gasteiger partial charge on any atom is -0.388 e. The molecule has 112 valence electrons. The third-order valence-electron chi connectivity index (χ3n) is 3.46. The number of fused-ring (bicyclic) bond motifs is 1. The molecule has 0 spiro atoms. The molecule has 2 aromatic rings. The normalized spacial score (nSPS) is 12.1. The molecule has 0 aliphatic carbocycles. The highest BCUT2D eigenvalue weighted by Crippen LogP contribution is 2.22. The fraction of sp³-hybridized carbons (Fsp3) is 0.375. The van der Waals surface area contributed by atoms with Gasteiger partial charge in [0.15, 0.2) is 0 Å². The first-order valence-electron chi connectivity index (χ1n) is 7.04. The summed E-state index contributed by atoms with van der Waals surface area (Å²) in [5, 5.41) is 7.63. The van der Waals surface area contributed by atoms with Gasteiger partial charge in [0.25, 0.3) is 5.91 Å². The number of hydrogen-bond donors (Lipinski definition) is 2. The second-order valence-corrected chi connectivity index (χ2v) is 6.19. The monoisotopic (exact) mass is 303 g/mol. The van der Waals surface area contributed by atoms with Crippen LogP contribution < -0.4 is 10.6 Å². The Bertz CT molecular complexity index is 630. The van der Waals surface area contributed by atoms with Gasteiger partial charge in [-0.3, -0.25) is 4.79 Å². The zero-order valence-corrected chi connectivity index (χ0v) is 13.5. The van der Waals surface area contributed by atoms with Gasteiger partial charge in [-0.25, -0.2) is 4.98 Å². The fourth-order valence-electron chi connectivity index (χ4n) is 2.10. The third-order valence-corrected chi connectivity index (χ3v) is 4.50. The Morgan fingerprint density at radius 1 is 1.38 bits per heavy atom. The summed E-state index contributed by atoms with van der Waals surface area (Å²) in [6, 6.07) is 9.61. The number of anilines is 1. The van der Waals surface area contributed by atoms with Crippen LogP contribution in [0.25, 0.3) is 10.9 Å². The highest BCUT2D eigenvalue weighted by Gasteiger charge is 2.11. The third kappa shape index (κ3) is 3.88. The first kappa shape index (κ1) is 15.6. The van der Waals surface area contributed by atoms with E-state index in [4.69, 9.17) is 0 Å². The summed E-state index contributed by atoms with van der Waals surface area (Å²) in [6.07, 6.45) is 3.04. The largest absolute Gasteiger partial charge is 0.388 e. The van der Waals surface area contributed by atoms with E-state index in [1.165, 1.54) is 0 Å². The van der Waals surface area contributed by atoms with Crippen LogP contribution in [0.2, 0.25) is 0 Å². The number of pyridine rings is 1. The number of benzene rings is 1. The van der Waals surface area contributed by atoms with Crippen molar-refractivity contribution in [1.29, 1.82) is 0 Å². The molecule has 0 aliphatic heterocycles. The minimum atomic E-state index is -0.120. The highest BCUT2D eigenvalue weighted by molar-refractivity contribution is 7.99. The van der Waals surface area contributed by atoms with Crippen molar-refractivity contribution in [3.05, 3.63) is 36.0 Å². The van der Waals surface area contributed by atoms with Gasteiger partial charge in [-0.2, -0.15) is 11.8 Å². The number of carbonyl (C=O) groups excluding carboxylic acids is 1. The van der Waals surface area contributed by atoms with Gasteiger partial charge in [0.05, 0.1) is 5.52 Å². The van der Waals surface area contributed by atoms with Crippen molar-refractivity contribution in [3.63, 3.8) is 0 Å². The zero-order chi connectivity index (χ0) is 15.2. The first-order chi connectivity index (χ1) is 10.2. The Morgan fingerprint density at radius 2 is 2.14 bits per heavy atom. The van der Waals surface area contributed by atoms with Crippen molar-refractivity contribution in [2.24, 2.45) is 0 Å². The predicted octanol–water partition coefficient (Wildman–Crippen LogP) is 3.15. The smallest absolute Gasteiger partial charge is 0.269 e. The molecule has 1 amide bonds. The lowest BCUT2D eigenvalue weighted by Crippen LogP contribution is -2.27. The second kappa shape index (κ2) is 7.31. The predicted molar refractivity (Wildman–Crippen MR) is 91.2 cm³/mol. The summed E-state index contributed by atoms with van der Waals surface area (Å²) < 4.78 is 0. The van der Waals surface area contributed by atoms with E-state index < -0.39 is 0 Å². The SMILES string of the molecule is CNc1cc(C(=O)NCCC(C)SC)nc2ccccc12. The average molecular weight is 303 g/mol. The zero-order valence-electron chi connectivity index (χ0n) is 12.6. The number of hydrogen-bond acceptors (Lipinski definition) is 4. The first-order valence-corrected chi connectivity index (χ1v) is 8.33. The number of nitrogens with zero attached hydrogens (tertiary/aromatic N) is 1. The molecule has 1 aromatic heterocycles. The van der Waals surface area contributed by atoms with E-state index in [9.17, 15) is 4.79 Å². The summed E-state index contributed by atoms with van der Waals surface area (Å²) in [5.74, 6) is -0.120. The standard InChI is InChI=1S/C16H21N3OS/c1-11(21-3)8-9-18-16(20)15-10-14(17-2)12-6-4-5-7-13(12)19-15/h4-7,10-11H,8-9H2,1-3H3,(H,17,19)(H,18,20). The van der Waals surface area contributed by atoms with Crippen LogP contribution in [-0.4, -0.2) is 36.0 Å². The topological polar surface area (TPSA) is 54.0 Å². The summed E-state index contributed by atoms with van der Waals surface area (Å²) in [4.78, 5) is 16.7. The number of aromatic nitrogens is 1. The molecule has 2 rings (SSSR count). The summed E-state index contributed by atoms with van der Waals surface area (Å²) >= 11 is 1.80. The Morgan fingerprint density at radius 3 is 2.86 bits per heavy atom. The van der Waals surface area contributed by atoms with Gasteiger partial charge in [0, 0.05) is 29.9 Å². The number of carbonyl (C=O) groups is 1. The molecule has 0 saturated carbocycles.